The van der Waals surface area contributed by atoms with Crippen molar-refractivity contribution in [2.24, 2.45) is 0 Å². The largest absolute Gasteiger partial charge is 0.465 e. The molecular formula is C26H27N5O2. The van der Waals surface area contributed by atoms with E-state index < -0.39 is 0 Å². The van der Waals surface area contributed by atoms with Gasteiger partial charge >= 0.3 is 0 Å². The van der Waals surface area contributed by atoms with E-state index in [2.05, 4.69) is 38.2 Å². The van der Waals surface area contributed by atoms with E-state index in [4.69, 9.17) is 4.42 Å². The van der Waals surface area contributed by atoms with E-state index >= 15 is 0 Å². The molecule has 0 radical (unpaired) electrons. The lowest BCUT2D eigenvalue weighted by Crippen LogP contribution is -2.33. The molecule has 5 rings (SSSR count). The van der Waals surface area contributed by atoms with Crippen LogP contribution in [0.15, 0.2) is 59.1 Å². The molecule has 7 nitrogen and oxygen atoms in total. The molecule has 0 aliphatic carbocycles. The molecule has 1 aliphatic rings. The Balaban J connectivity index is 1.27. The molecule has 0 saturated carbocycles. The highest BCUT2D eigenvalue weighted by molar-refractivity contribution is 5.97. The Labute approximate surface area is 192 Å². The van der Waals surface area contributed by atoms with Crippen LogP contribution in [0.3, 0.4) is 0 Å². The average molecular weight is 442 g/mol. The van der Waals surface area contributed by atoms with Gasteiger partial charge in [-0.05, 0) is 73.4 Å². The minimum Gasteiger partial charge on any atom is -0.465 e. The minimum atomic E-state index is -0.0976. The maximum atomic E-state index is 12.8. The zero-order valence-corrected chi connectivity index (χ0v) is 18.9. The highest BCUT2D eigenvalue weighted by Crippen LogP contribution is 2.25. The number of carbonyl (C=O) groups is 1. The van der Waals surface area contributed by atoms with Crippen LogP contribution < -0.4 is 5.32 Å². The summed E-state index contributed by atoms with van der Waals surface area (Å²) in [4.78, 5) is 27.1. The smallest absolute Gasteiger partial charge is 0.251 e. The van der Waals surface area contributed by atoms with Crippen LogP contribution in [0.25, 0.3) is 17.1 Å². The number of imidazole rings is 1. The third kappa shape index (κ3) is 4.59. The molecule has 0 bridgehead atoms. The van der Waals surface area contributed by atoms with E-state index in [0.717, 1.165) is 54.1 Å². The van der Waals surface area contributed by atoms with Gasteiger partial charge in [0, 0.05) is 43.6 Å². The van der Waals surface area contributed by atoms with E-state index in [1.807, 2.05) is 37.4 Å². The summed E-state index contributed by atoms with van der Waals surface area (Å²) in [5.74, 6) is 0.784. The minimum absolute atomic E-state index is 0.0976. The van der Waals surface area contributed by atoms with Gasteiger partial charge in [-0.15, -0.1) is 0 Å². The van der Waals surface area contributed by atoms with Crippen molar-refractivity contribution >= 4 is 23.0 Å². The van der Waals surface area contributed by atoms with Crippen molar-refractivity contribution < 1.29 is 9.21 Å². The van der Waals surface area contributed by atoms with Gasteiger partial charge in [-0.2, -0.15) is 0 Å². The van der Waals surface area contributed by atoms with Gasteiger partial charge in [-0.3, -0.25) is 14.7 Å². The number of aromatic amines is 1. The lowest BCUT2D eigenvalue weighted by Gasteiger charge is -2.30. The van der Waals surface area contributed by atoms with Crippen LogP contribution in [0.2, 0.25) is 0 Å². The van der Waals surface area contributed by atoms with Crippen LogP contribution >= 0.6 is 0 Å². The first-order valence-corrected chi connectivity index (χ1v) is 11.2. The van der Waals surface area contributed by atoms with E-state index in [0.29, 0.717) is 12.1 Å². The first-order valence-electron chi connectivity index (χ1n) is 11.2. The van der Waals surface area contributed by atoms with Crippen molar-refractivity contribution in [3.05, 3.63) is 88.4 Å². The maximum absolute atomic E-state index is 12.8. The molecule has 4 aromatic rings. The number of rotatable bonds is 6. The zero-order valence-electron chi connectivity index (χ0n) is 18.9. The summed E-state index contributed by atoms with van der Waals surface area (Å²) in [6.45, 7) is 7.32. The Morgan fingerprint density at radius 3 is 3.06 bits per heavy atom. The Morgan fingerprint density at radius 1 is 1.30 bits per heavy atom. The molecular weight excluding hydrogens is 414 g/mol. The Hall–Kier alpha value is -3.71. The van der Waals surface area contributed by atoms with Crippen molar-refractivity contribution in [3.63, 3.8) is 0 Å². The number of aryl methyl sites for hydroxylation is 1. The molecule has 0 fully saturated rings. The van der Waals surface area contributed by atoms with Crippen molar-refractivity contribution in [1.29, 1.82) is 0 Å². The fourth-order valence-electron chi connectivity index (χ4n) is 4.51. The van der Waals surface area contributed by atoms with Gasteiger partial charge < -0.3 is 14.7 Å². The molecule has 4 heterocycles. The molecule has 1 amide bonds. The van der Waals surface area contributed by atoms with Crippen LogP contribution in [0.4, 0.5) is 0 Å². The molecule has 33 heavy (non-hydrogen) atoms. The van der Waals surface area contributed by atoms with Crippen molar-refractivity contribution in [2.75, 3.05) is 13.1 Å². The second-order valence-electron chi connectivity index (χ2n) is 8.61. The topological polar surface area (TPSA) is 87.1 Å². The van der Waals surface area contributed by atoms with Gasteiger partial charge in [0.25, 0.3) is 5.91 Å². The molecule has 0 unspecified atom stereocenters. The van der Waals surface area contributed by atoms with Crippen LogP contribution in [-0.2, 0) is 19.5 Å². The first-order chi connectivity index (χ1) is 16.1. The molecule has 168 valence electrons. The van der Waals surface area contributed by atoms with Gasteiger partial charge in [0.05, 0.1) is 23.6 Å². The van der Waals surface area contributed by atoms with Gasteiger partial charge in [0.1, 0.15) is 5.76 Å². The molecule has 7 heteroatoms. The highest BCUT2D eigenvalue weighted by atomic mass is 16.3. The third-order valence-corrected chi connectivity index (χ3v) is 6.19. The van der Waals surface area contributed by atoms with E-state index in [-0.39, 0.29) is 5.91 Å². The van der Waals surface area contributed by atoms with Gasteiger partial charge in [-0.1, -0.05) is 5.57 Å². The van der Waals surface area contributed by atoms with Crippen molar-refractivity contribution in [1.82, 2.24) is 25.2 Å². The summed E-state index contributed by atoms with van der Waals surface area (Å²) in [5, 5.41) is 3.08. The van der Waals surface area contributed by atoms with Crippen LogP contribution in [0.1, 0.15) is 45.4 Å². The number of hydrogen-bond donors (Lipinski definition) is 2. The predicted molar refractivity (Wildman–Crippen MR) is 128 cm³/mol. The van der Waals surface area contributed by atoms with Gasteiger partial charge in [0.15, 0.2) is 0 Å². The SMILES string of the molecule is CC(=Cc1ccco1)CN1CCc2c(cnc(C)c2CNC(=O)c2ccc3nc[nH]c3c2)C1. The van der Waals surface area contributed by atoms with Crippen molar-refractivity contribution in [3.8, 4) is 0 Å². The number of hydrogen-bond acceptors (Lipinski definition) is 5. The molecule has 1 aromatic carbocycles. The number of nitrogens with zero attached hydrogens (tertiary/aromatic N) is 3. The summed E-state index contributed by atoms with van der Waals surface area (Å²) in [5.41, 5.74) is 8.24. The lowest BCUT2D eigenvalue weighted by atomic mass is 9.94. The number of H-pyrrole nitrogens is 1. The predicted octanol–water partition coefficient (Wildman–Crippen LogP) is 4.25. The average Bonchev–Trinajstić information content (AvgIpc) is 3.49. The standard InChI is InChI=1S/C26H27N5O2/c1-17(10-21-4-3-9-33-21)14-31-8-7-22-20(15-31)12-27-18(2)23(22)13-28-26(32)19-5-6-24-25(11-19)30-16-29-24/h3-6,9-12,16H,7-8,13-15H2,1-2H3,(H,28,32)(H,29,30). The second kappa shape index (κ2) is 9.03. The summed E-state index contributed by atoms with van der Waals surface area (Å²) in [7, 11) is 0. The Bertz CT molecular complexity index is 1320. The van der Waals surface area contributed by atoms with Crippen LogP contribution in [0, 0.1) is 6.92 Å². The molecule has 0 saturated heterocycles. The Kier molecular flexibility index (Phi) is 5.79. The molecule has 0 atom stereocenters. The van der Waals surface area contributed by atoms with Gasteiger partial charge in [-0.25, -0.2) is 4.98 Å². The monoisotopic (exact) mass is 441 g/mol. The number of pyridine rings is 1. The number of amides is 1. The fraction of sp³-hybridized carbons (Fsp3) is 0.269. The summed E-state index contributed by atoms with van der Waals surface area (Å²) in [6.07, 6.45) is 8.35. The molecule has 2 N–H and O–H groups in total. The summed E-state index contributed by atoms with van der Waals surface area (Å²) >= 11 is 0. The summed E-state index contributed by atoms with van der Waals surface area (Å²) < 4.78 is 5.43. The normalized spacial score (nSPS) is 14.4. The highest BCUT2D eigenvalue weighted by Gasteiger charge is 2.21. The maximum Gasteiger partial charge on any atom is 0.251 e. The van der Waals surface area contributed by atoms with Gasteiger partial charge in [0.2, 0.25) is 0 Å². The third-order valence-electron chi connectivity index (χ3n) is 6.19. The zero-order chi connectivity index (χ0) is 22.8. The number of aromatic nitrogens is 3. The second-order valence-corrected chi connectivity index (χ2v) is 8.61. The number of fused-ring (bicyclic) bond motifs is 2. The number of benzene rings is 1. The quantitative estimate of drug-likeness (QED) is 0.467. The van der Waals surface area contributed by atoms with E-state index in [1.54, 1.807) is 18.7 Å². The Morgan fingerprint density at radius 2 is 2.21 bits per heavy atom. The van der Waals surface area contributed by atoms with Crippen LogP contribution in [-0.4, -0.2) is 38.8 Å². The molecule has 3 aromatic heterocycles. The lowest BCUT2D eigenvalue weighted by molar-refractivity contribution is 0.0951. The molecule has 0 spiro atoms. The number of furan rings is 1. The van der Waals surface area contributed by atoms with Crippen LogP contribution in [0.5, 0.6) is 0 Å². The summed E-state index contributed by atoms with van der Waals surface area (Å²) in [6, 6.07) is 9.37. The van der Waals surface area contributed by atoms with Crippen molar-refractivity contribution in [2.45, 2.75) is 33.4 Å². The molecule has 1 aliphatic heterocycles. The van der Waals surface area contributed by atoms with E-state index in [1.165, 1.54) is 16.7 Å². The number of carbonyl (C=O) groups excluding carboxylic acids is 1. The fourth-order valence-corrected chi connectivity index (χ4v) is 4.51. The number of nitrogens with one attached hydrogen (secondary N) is 2. The van der Waals surface area contributed by atoms with E-state index in [9.17, 15) is 4.79 Å². The first kappa shape index (κ1) is 21.2.